The van der Waals surface area contributed by atoms with Gasteiger partial charge in [0.15, 0.2) is 5.79 Å². The zero-order chi connectivity index (χ0) is 21.6. The molecule has 3 heteroatoms. The van der Waals surface area contributed by atoms with Crippen LogP contribution in [0.2, 0.25) is 0 Å². The third kappa shape index (κ3) is 2.88. The second-order valence-corrected chi connectivity index (χ2v) is 13.4. The zero-order valence-electron chi connectivity index (χ0n) is 20.8. The summed E-state index contributed by atoms with van der Waals surface area (Å²) in [6, 6.07) is 0.762. The fraction of sp³-hybridized carbons (Fsp3) is 1.00. The van der Waals surface area contributed by atoms with E-state index >= 15 is 0 Å². The van der Waals surface area contributed by atoms with Crippen molar-refractivity contribution in [1.29, 1.82) is 0 Å². The molecule has 0 radical (unpaired) electrons. The molecule has 4 unspecified atom stereocenters. The lowest BCUT2D eigenvalue weighted by Crippen LogP contribution is -2.55. The highest BCUT2D eigenvalue weighted by atomic mass is 16.7. The summed E-state index contributed by atoms with van der Waals surface area (Å²) in [5, 5.41) is 3.60. The molecular weight excluding hydrogens is 382 g/mol. The van der Waals surface area contributed by atoms with Crippen molar-refractivity contribution in [3.8, 4) is 0 Å². The van der Waals surface area contributed by atoms with Gasteiger partial charge in [-0.1, -0.05) is 27.7 Å². The number of hydrogen-bond donors (Lipinski definition) is 1. The first-order valence-electron chi connectivity index (χ1n) is 13.8. The summed E-state index contributed by atoms with van der Waals surface area (Å²) in [4.78, 5) is 0. The summed E-state index contributed by atoms with van der Waals surface area (Å²) in [7, 11) is 2.17. The molecule has 2 aliphatic heterocycles. The topological polar surface area (TPSA) is 30.5 Å². The maximum atomic E-state index is 6.94. The Bertz CT molecular complexity index is 701. The number of ether oxygens (including phenoxy) is 2. The lowest BCUT2D eigenvalue weighted by molar-refractivity contribution is -0.273. The Hall–Kier alpha value is -0.120. The number of hydrogen-bond acceptors (Lipinski definition) is 3. The second kappa shape index (κ2) is 7.19. The molecule has 6 fully saturated rings. The summed E-state index contributed by atoms with van der Waals surface area (Å²) in [5.41, 5.74) is 1.05. The van der Waals surface area contributed by atoms with Crippen molar-refractivity contribution in [3.05, 3.63) is 0 Å². The van der Waals surface area contributed by atoms with Crippen LogP contribution in [0.5, 0.6) is 0 Å². The molecule has 0 aromatic carbocycles. The number of rotatable bonds is 1. The van der Waals surface area contributed by atoms with Gasteiger partial charge >= 0.3 is 0 Å². The molecule has 6 aliphatic rings. The quantitative estimate of drug-likeness (QED) is 0.553. The molecule has 1 spiro atoms. The lowest BCUT2D eigenvalue weighted by atomic mass is 9.44. The summed E-state index contributed by atoms with van der Waals surface area (Å²) in [6.45, 7) is 11.1. The first-order chi connectivity index (χ1) is 14.8. The second-order valence-electron chi connectivity index (χ2n) is 13.4. The molecule has 1 N–H and O–H groups in total. The molecule has 0 aromatic heterocycles. The molecule has 2 heterocycles. The Kier molecular flexibility index (Phi) is 4.97. The predicted molar refractivity (Wildman–Crippen MR) is 125 cm³/mol. The van der Waals surface area contributed by atoms with Gasteiger partial charge in [-0.25, -0.2) is 0 Å². The molecule has 4 saturated carbocycles. The summed E-state index contributed by atoms with van der Waals surface area (Å²) in [6.07, 6.45) is 14.2. The van der Waals surface area contributed by atoms with Crippen LogP contribution in [-0.4, -0.2) is 31.6 Å². The lowest BCUT2D eigenvalue weighted by Gasteiger charge is -2.61. The minimum Gasteiger partial charge on any atom is -0.349 e. The van der Waals surface area contributed by atoms with Gasteiger partial charge in [-0.2, -0.15) is 0 Å². The van der Waals surface area contributed by atoms with Crippen molar-refractivity contribution in [3.63, 3.8) is 0 Å². The zero-order valence-corrected chi connectivity index (χ0v) is 20.8. The largest absolute Gasteiger partial charge is 0.349 e. The molecule has 31 heavy (non-hydrogen) atoms. The van der Waals surface area contributed by atoms with Crippen molar-refractivity contribution < 1.29 is 9.47 Å². The Morgan fingerprint density at radius 3 is 2.39 bits per heavy atom. The van der Waals surface area contributed by atoms with Crippen molar-refractivity contribution in [2.24, 2.45) is 52.3 Å². The van der Waals surface area contributed by atoms with Gasteiger partial charge in [0, 0.05) is 18.4 Å². The average molecular weight is 430 g/mol. The molecule has 176 valence electrons. The van der Waals surface area contributed by atoms with Gasteiger partial charge in [0.2, 0.25) is 0 Å². The van der Waals surface area contributed by atoms with Crippen LogP contribution in [0, 0.1) is 52.3 Å². The normalized spacial score (nSPS) is 60.9. The average Bonchev–Trinajstić information content (AvgIpc) is 3.20. The van der Waals surface area contributed by atoms with Crippen LogP contribution < -0.4 is 5.32 Å². The minimum atomic E-state index is -0.262. The summed E-state index contributed by atoms with van der Waals surface area (Å²) in [5.74, 6) is 5.40. The van der Waals surface area contributed by atoms with Crippen LogP contribution in [0.3, 0.4) is 0 Å². The third-order valence-electron chi connectivity index (χ3n) is 12.3. The van der Waals surface area contributed by atoms with Gasteiger partial charge in [-0.05, 0) is 111 Å². The van der Waals surface area contributed by atoms with Crippen molar-refractivity contribution in [2.45, 2.75) is 110 Å². The van der Waals surface area contributed by atoms with Gasteiger partial charge in [-0.3, -0.25) is 0 Å². The van der Waals surface area contributed by atoms with Gasteiger partial charge < -0.3 is 14.8 Å². The van der Waals surface area contributed by atoms with Crippen LogP contribution in [0.15, 0.2) is 0 Å². The fourth-order valence-corrected chi connectivity index (χ4v) is 10.5. The Labute approximate surface area is 190 Å². The Balaban J connectivity index is 1.24. The molecule has 12 atom stereocenters. The van der Waals surface area contributed by atoms with E-state index in [9.17, 15) is 0 Å². The van der Waals surface area contributed by atoms with E-state index in [1.165, 1.54) is 57.8 Å². The molecular formula is C28H47NO2. The highest BCUT2D eigenvalue weighted by Gasteiger charge is 2.69. The van der Waals surface area contributed by atoms with E-state index in [-0.39, 0.29) is 5.79 Å². The van der Waals surface area contributed by atoms with Crippen LogP contribution in [0.25, 0.3) is 0 Å². The van der Waals surface area contributed by atoms with E-state index in [4.69, 9.17) is 9.47 Å². The van der Waals surface area contributed by atoms with Crippen molar-refractivity contribution in [1.82, 2.24) is 5.32 Å². The summed E-state index contributed by atoms with van der Waals surface area (Å²) < 4.78 is 13.4. The molecule has 6 rings (SSSR count). The maximum absolute atomic E-state index is 6.94. The van der Waals surface area contributed by atoms with E-state index in [0.29, 0.717) is 34.7 Å². The molecule has 4 aliphatic carbocycles. The van der Waals surface area contributed by atoms with Crippen LogP contribution in [0.1, 0.15) is 91.9 Å². The van der Waals surface area contributed by atoms with Gasteiger partial charge in [0.05, 0.1) is 12.7 Å². The molecule has 0 aromatic rings. The standard InChI is InChI=1S/C28H47NO2/c1-17-8-13-28(30-16-17)18(2)25-24(31-28)15-23-21-7-6-19-14-20(29-5)9-11-26(19,3)22(21)10-12-27(23,25)4/h17-25,29H,6-16H2,1-5H3/t17-,18+,19?,20+,21?,22?,23?,24+,25+,26+,27+,28-/m1/s1. The Morgan fingerprint density at radius 2 is 1.65 bits per heavy atom. The minimum absolute atomic E-state index is 0.262. The van der Waals surface area contributed by atoms with Crippen LogP contribution >= 0.6 is 0 Å². The van der Waals surface area contributed by atoms with Crippen LogP contribution in [0.4, 0.5) is 0 Å². The fourth-order valence-electron chi connectivity index (χ4n) is 10.5. The maximum Gasteiger partial charge on any atom is 0.171 e. The molecule has 3 nitrogen and oxygen atoms in total. The van der Waals surface area contributed by atoms with E-state index < -0.39 is 0 Å². The van der Waals surface area contributed by atoms with Gasteiger partial charge in [0.25, 0.3) is 0 Å². The third-order valence-corrected chi connectivity index (χ3v) is 12.3. The first kappa shape index (κ1) is 21.4. The van der Waals surface area contributed by atoms with Gasteiger partial charge in [-0.15, -0.1) is 0 Å². The molecule has 0 bridgehead atoms. The van der Waals surface area contributed by atoms with Crippen molar-refractivity contribution in [2.75, 3.05) is 13.7 Å². The molecule has 2 saturated heterocycles. The van der Waals surface area contributed by atoms with E-state index in [0.717, 1.165) is 42.7 Å². The predicted octanol–water partition coefficient (Wildman–Crippen LogP) is 6.02. The highest BCUT2D eigenvalue weighted by Crippen LogP contribution is 2.71. The SMILES string of the molecule is CN[C@H]1CC[C@@]2(C)C(CCC3C2CC[C@@]2(C)C3C[C@@H]3O[C@]4(CC[C@@H](C)CO4)[C@@H](C)[C@@H]32)C1. The van der Waals surface area contributed by atoms with E-state index in [2.05, 4.69) is 40.1 Å². The van der Waals surface area contributed by atoms with Crippen molar-refractivity contribution >= 4 is 0 Å². The van der Waals surface area contributed by atoms with Gasteiger partial charge in [0.1, 0.15) is 0 Å². The van der Waals surface area contributed by atoms with E-state index in [1.807, 2.05) is 0 Å². The number of fused-ring (bicyclic) bond motifs is 7. The first-order valence-corrected chi connectivity index (χ1v) is 13.8. The molecule has 0 amide bonds. The monoisotopic (exact) mass is 429 g/mol. The smallest absolute Gasteiger partial charge is 0.171 e. The van der Waals surface area contributed by atoms with Crippen LogP contribution in [-0.2, 0) is 9.47 Å². The summed E-state index contributed by atoms with van der Waals surface area (Å²) >= 11 is 0. The Morgan fingerprint density at radius 1 is 0.839 bits per heavy atom. The van der Waals surface area contributed by atoms with E-state index in [1.54, 1.807) is 0 Å². The highest BCUT2D eigenvalue weighted by molar-refractivity contribution is 5.15. The number of nitrogens with one attached hydrogen (secondary N) is 1.